The Morgan fingerprint density at radius 1 is 1.28 bits per heavy atom. The Balaban J connectivity index is 1.55. The molecule has 0 saturated carbocycles. The fourth-order valence-corrected chi connectivity index (χ4v) is 3.86. The number of imidazole rings is 1. The van der Waals surface area contributed by atoms with Crippen LogP contribution in [0.1, 0.15) is 11.3 Å². The van der Waals surface area contributed by atoms with Crippen molar-refractivity contribution in [2.45, 2.75) is 13.1 Å². The molecule has 0 fully saturated rings. The molecule has 3 heterocycles. The molecule has 0 atom stereocenters. The second kappa shape index (κ2) is 6.59. The summed E-state index contributed by atoms with van der Waals surface area (Å²) >= 11 is 7.83. The van der Waals surface area contributed by atoms with E-state index < -0.39 is 0 Å². The summed E-state index contributed by atoms with van der Waals surface area (Å²) < 4.78 is 15.1. The highest BCUT2D eigenvalue weighted by Crippen LogP contribution is 2.25. The van der Waals surface area contributed by atoms with E-state index >= 15 is 0 Å². The van der Waals surface area contributed by atoms with Gasteiger partial charge < -0.3 is 0 Å². The molecule has 3 aromatic heterocycles. The van der Waals surface area contributed by atoms with Crippen molar-refractivity contribution in [1.82, 2.24) is 24.5 Å². The number of benzene rings is 1. The molecule has 0 spiro atoms. The summed E-state index contributed by atoms with van der Waals surface area (Å²) in [7, 11) is 2.02. The summed E-state index contributed by atoms with van der Waals surface area (Å²) in [6.07, 6.45) is 3.78. The Morgan fingerprint density at radius 3 is 2.88 bits per heavy atom. The number of aromatic nitrogens is 4. The van der Waals surface area contributed by atoms with E-state index in [1.54, 1.807) is 29.7 Å². The summed E-state index contributed by atoms with van der Waals surface area (Å²) in [5.74, 6) is -0.253. The molecule has 0 aliphatic rings. The van der Waals surface area contributed by atoms with Gasteiger partial charge in [-0.1, -0.05) is 11.6 Å². The lowest BCUT2D eigenvalue weighted by Crippen LogP contribution is -2.18. The first-order chi connectivity index (χ1) is 12.1. The van der Waals surface area contributed by atoms with Crippen LogP contribution in [0.25, 0.3) is 16.2 Å². The van der Waals surface area contributed by atoms with Gasteiger partial charge in [0.2, 0.25) is 0 Å². The normalized spacial score (nSPS) is 11.7. The van der Waals surface area contributed by atoms with Gasteiger partial charge in [-0.3, -0.25) is 14.4 Å². The van der Waals surface area contributed by atoms with E-state index in [1.165, 1.54) is 12.1 Å². The van der Waals surface area contributed by atoms with Crippen LogP contribution in [0.4, 0.5) is 4.39 Å². The molecule has 0 radical (unpaired) electrons. The highest BCUT2D eigenvalue weighted by atomic mass is 35.5. The zero-order valence-corrected chi connectivity index (χ0v) is 15.0. The summed E-state index contributed by atoms with van der Waals surface area (Å²) in [4.78, 5) is 7.40. The van der Waals surface area contributed by atoms with Gasteiger partial charge in [0, 0.05) is 35.8 Å². The minimum atomic E-state index is -0.253. The number of halogens is 2. The standard InChI is InChI=1S/C17H15ClFN5S/c1-23(10-14-16(18)21-17-24(14)6-7-25-17)9-12-8-20-22-15(12)11-2-4-13(19)5-3-11/h2-8H,9-10H2,1H3,(H,20,22). The molecule has 1 N–H and O–H groups in total. The predicted octanol–water partition coefficient (Wildman–Crippen LogP) is 4.21. The van der Waals surface area contributed by atoms with Crippen molar-refractivity contribution in [3.63, 3.8) is 0 Å². The summed E-state index contributed by atoms with van der Waals surface area (Å²) in [6, 6.07) is 6.39. The molecule has 1 aromatic carbocycles. The third-order valence-corrected chi connectivity index (χ3v) is 5.08. The molecule has 8 heteroatoms. The lowest BCUT2D eigenvalue weighted by molar-refractivity contribution is 0.315. The monoisotopic (exact) mass is 375 g/mol. The molecule has 4 aromatic rings. The van der Waals surface area contributed by atoms with Crippen molar-refractivity contribution < 1.29 is 4.39 Å². The maximum absolute atomic E-state index is 13.1. The molecule has 25 heavy (non-hydrogen) atoms. The summed E-state index contributed by atoms with van der Waals surface area (Å²) in [5.41, 5.74) is 3.81. The quantitative estimate of drug-likeness (QED) is 0.568. The van der Waals surface area contributed by atoms with E-state index in [-0.39, 0.29) is 5.82 Å². The number of hydrogen-bond acceptors (Lipinski definition) is 4. The van der Waals surface area contributed by atoms with Crippen molar-refractivity contribution in [3.05, 3.63) is 64.3 Å². The van der Waals surface area contributed by atoms with Crippen molar-refractivity contribution in [3.8, 4) is 11.3 Å². The number of nitrogens with zero attached hydrogens (tertiary/aromatic N) is 4. The Morgan fingerprint density at radius 2 is 2.08 bits per heavy atom. The minimum absolute atomic E-state index is 0.253. The highest BCUT2D eigenvalue weighted by molar-refractivity contribution is 7.15. The van der Waals surface area contributed by atoms with E-state index in [0.29, 0.717) is 18.2 Å². The zero-order chi connectivity index (χ0) is 17.4. The van der Waals surface area contributed by atoms with Gasteiger partial charge in [0.25, 0.3) is 0 Å². The van der Waals surface area contributed by atoms with Crippen molar-refractivity contribution >= 4 is 27.9 Å². The van der Waals surface area contributed by atoms with Crippen LogP contribution in [0.15, 0.2) is 42.0 Å². The molecule has 0 amide bonds. The smallest absolute Gasteiger partial charge is 0.195 e. The first-order valence-corrected chi connectivity index (χ1v) is 8.94. The largest absolute Gasteiger partial charge is 0.296 e. The maximum atomic E-state index is 13.1. The molecule has 0 saturated heterocycles. The third-order valence-electron chi connectivity index (χ3n) is 4.02. The van der Waals surface area contributed by atoms with Crippen LogP contribution in [0.3, 0.4) is 0 Å². The predicted molar refractivity (Wildman–Crippen MR) is 97.2 cm³/mol. The van der Waals surface area contributed by atoms with Crippen molar-refractivity contribution in [2.24, 2.45) is 0 Å². The van der Waals surface area contributed by atoms with Crippen LogP contribution < -0.4 is 0 Å². The fraction of sp³-hybridized carbons (Fsp3) is 0.176. The molecular formula is C17H15ClFN5S. The second-order valence-corrected chi connectivity index (χ2v) is 7.09. The first-order valence-electron chi connectivity index (χ1n) is 7.68. The van der Waals surface area contributed by atoms with E-state index in [9.17, 15) is 4.39 Å². The zero-order valence-electron chi connectivity index (χ0n) is 13.4. The fourth-order valence-electron chi connectivity index (χ4n) is 2.85. The van der Waals surface area contributed by atoms with Crippen LogP contribution in [-0.2, 0) is 13.1 Å². The van der Waals surface area contributed by atoms with Gasteiger partial charge in [-0.05, 0) is 31.3 Å². The van der Waals surface area contributed by atoms with Crippen LogP contribution in [-0.4, -0.2) is 31.5 Å². The third kappa shape index (κ3) is 3.18. The molecule has 128 valence electrons. The molecule has 5 nitrogen and oxygen atoms in total. The van der Waals surface area contributed by atoms with Gasteiger partial charge in [-0.25, -0.2) is 9.37 Å². The molecule has 4 rings (SSSR count). The molecule has 0 aliphatic heterocycles. The average molecular weight is 376 g/mol. The van der Waals surface area contributed by atoms with E-state index in [4.69, 9.17) is 11.6 Å². The summed E-state index contributed by atoms with van der Waals surface area (Å²) in [5, 5.41) is 9.67. The minimum Gasteiger partial charge on any atom is -0.296 e. The first kappa shape index (κ1) is 16.3. The Hall–Kier alpha value is -2.22. The van der Waals surface area contributed by atoms with E-state index in [2.05, 4.69) is 20.1 Å². The van der Waals surface area contributed by atoms with Crippen LogP contribution in [0.5, 0.6) is 0 Å². The Bertz CT molecular complexity index is 1000. The molecular weight excluding hydrogens is 361 g/mol. The Labute approximate surface area is 152 Å². The molecule has 0 aliphatic carbocycles. The van der Waals surface area contributed by atoms with Gasteiger partial charge >= 0.3 is 0 Å². The van der Waals surface area contributed by atoms with Gasteiger partial charge in [0.05, 0.1) is 17.6 Å². The molecule has 0 bridgehead atoms. The van der Waals surface area contributed by atoms with E-state index in [1.807, 2.05) is 23.0 Å². The number of H-pyrrole nitrogens is 1. The van der Waals surface area contributed by atoms with Crippen LogP contribution in [0, 0.1) is 5.82 Å². The van der Waals surface area contributed by atoms with Crippen LogP contribution >= 0.6 is 22.9 Å². The van der Waals surface area contributed by atoms with Crippen molar-refractivity contribution in [1.29, 1.82) is 0 Å². The van der Waals surface area contributed by atoms with Crippen molar-refractivity contribution in [2.75, 3.05) is 7.05 Å². The maximum Gasteiger partial charge on any atom is 0.195 e. The summed E-state index contributed by atoms with van der Waals surface area (Å²) in [6.45, 7) is 1.34. The number of nitrogens with one attached hydrogen (secondary N) is 1. The van der Waals surface area contributed by atoms with Gasteiger partial charge in [-0.2, -0.15) is 5.10 Å². The van der Waals surface area contributed by atoms with Gasteiger partial charge in [0.15, 0.2) is 10.1 Å². The highest BCUT2D eigenvalue weighted by Gasteiger charge is 2.15. The Kier molecular flexibility index (Phi) is 4.29. The number of fused-ring (bicyclic) bond motifs is 1. The average Bonchev–Trinajstić information content (AvgIpc) is 3.28. The SMILES string of the molecule is CN(Cc1cn[nH]c1-c1ccc(F)cc1)Cc1c(Cl)nc2sccn12. The van der Waals surface area contributed by atoms with Gasteiger partial charge in [0.1, 0.15) is 5.82 Å². The van der Waals surface area contributed by atoms with Gasteiger partial charge in [-0.15, -0.1) is 11.3 Å². The van der Waals surface area contributed by atoms with Crippen LogP contribution in [0.2, 0.25) is 5.15 Å². The second-order valence-electron chi connectivity index (χ2n) is 5.85. The topological polar surface area (TPSA) is 49.2 Å². The number of aromatic amines is 1. The number of hydrogen-bond donors (Lipinski definition) is 1. The number of rotatable bonds is 5. The lowest BCUT2D eigenvalue weighted by atomic mass is 10.1. The van der Waals surface area contributed by atoms with E-state index in [0.717, 1.165) is 27.5 Å². The molecule has 0 unspecified atom stereocenters. The number of thiazole rings is 1. The lowest BCUT2D eigenvalue weighted by Gasteiger charge is -2.16.